The van der Waals surface area contributed by atoms with Crippen molar-refractivity contribution in [3.05, 3.63) is 29.8 Å². The van der Waals surface area contributed by atoms with Gasteiger partial charge in [0.15, 0.2) is 0 Å². The average molecular weight is 269 g/mol. The van der Waals surface area contributed by atoms with Gasteiger partial charge in [-0.05, 0) is 25.8 Å². The summed E-state index contributed by atoms with van der Waals surface area (Å²) < 4.78 is 5.72. The normalized spacial score (nSPS) is 12.3. The molecule has 0 aromatic heterocycles. The number of rotatable bonds is 8. The van der Waals surface area contributed by atoms with E-state index in [0.717, 1.165) is 0 Å². The number of aliphatic carboxylic acids is 1. The summed E-state index contributed by atoms with van der Waals surface area (Å²) in [6.07, 6.45) is 0.809. The molecule has 0 saturated heterocycles. The Balaban J connectivity index is 2.54. The van der Waals surface area contributed by atoms with Crippen LogP contribution in [0.15, 0.2) is 24.3 Å². The van der Waals surface area contributed by atoms with E-state index in [1.807, 2.05) is 19.1 Å². The quantitative estimate of drug-likeness (QED) is 0.562. The highest BCUT2D eigenvalue weighted by Crippen LogP contribution is 2.31. The average Bonchev–Trinajstić information content (AvgIpc) is 2.34. The van der Waals surface area contributed by atoms with E-state index < -0.39 is 14.3 Å². The highest BCUT2D eigenvalue weighted by molar-refractivity contribution is 7.59. The van der Waals surface area contributed by atoms with Crippen molar-refractivity contribution in [3.63, 3.8) is 0 Å². The molecule has 1 aromatic carbocycles. The van der Waals surface area contributed by atoms with Gasteiger partial charge in [0.1, 0.15) is 8.30 Å². The molecule has 0 aliphatic rings. The standard InChI is InChI=1S/C13H20NO3P/c1-3-17-18(14-10-6-9-13(15)16)12-8-5-4-7-11(12)2/h4-5,7-8,14H,3,6,9-10H2,1-2H3,(H,15,16). The lowest BCUT2D eigenvalue weighted by Gasteiger charge is -2.19. The second kappa shape index (κ2) is 8.20. The zero-order chi connectivity index (χ0) is 13.4. The second-order valence-corrected chi connectivity index (χ2v) is 5.55. The fourth-order valence-electron chi connectivity index (χ4n) is 1.54. The van der Waals surface area contributed by atoms with Crippen molar-refractivity contribution < 1.29 is 14.4 Å². The molecule has 0 bridgehead atoms. The van der Waals surface area contributed by atoms with E-state index in [1.54, 1.807) is 0 Å². The number of aryl methyl sites for hydroxylation is 1. The Bertz CT molecular complexity index is 384. The second-order valence-electron chi connectivity index (χ2n) is 3.90. The fraction of sp³-hybridized carbons (Fsp3) is 0.462. The molecule has 4 nitrogen and oxygen atoms in total. The van der Waals surface area contributed by atoms with Crippen LogP contribution >= 0.6 is 8.30 Å². The highest BCUT2D eigenvalue weighted by Gasteiger charge is 2.13. The van der Waals surface area contributed by atoms with Crippen molar-refractivity contribution in [2.75, 3.05) is 13.2 Å². The molecule has 0 amide bonds. The summed E-state index contributed by atoms with van der Waals surface area (Å²) in [5.74, 6) is -0.756. The Labute approximate surface area is 109 Å². The van der Waals surface area contributed by atoms with Gasteiger partial charge in [-0.25, -0.2) is 0 Å². The zero-order valence-corrected chi connectivity index (χ0v) is 11.7. The third-order valence-corrected chi connectivity index (χ3v) is 4.38. The topological polar surface area (TPSA) is 58.6 Å². The summed E-state index contributed by atoms with van der Waals surface area (Å²) >= 11 is 0. The van der Waals surface area contributed by atoms with Crippen LogP contribution in [0.4, 0.5) is 0 Å². The van der Waals surface area contributed by atoms with Crippen molar-refractivity contribution in [1.82, 2.24) is 5.09 Å². The van der Waals surface area contributed by atoms with Crippen LogP contribution in [-0.2, 0) is 9.32 Å². The number of benzene rings is 1. The largest absolute Gasteiger partial charge is 0.481 e. The maximum absolute atomic E-state index is 10.4. The van der Waals surface area contributed by atoms with Crippen molar-refractivity contribution in [1.29, 1.82) is 0 Å². The molecule has 0 aliphatic carbocycles. The summed E-state index contributed by atoms with van der Waals surface area (Å²) in [5.41, 5.74) is 1.20. The minimum atomic E-state index is -0.851. The van der Waals surface area contributed by atoms with Gasteiger partial charge in [0, 0.05) is 18.3 Å². The first-order valence-corrected chi connectivity index (χ1v) is 7.35. The first-order valence-electron chi connectivity index (χ1n) is 6.09. The lowest BCUT2D eigenvalue weighted by molar-refractivity contribution is -0.137. The number of carboxylic acid groups (broad SMARTS) is 1. The van der Waals surface area contributed by atoms with Crippen molar-refractivity contribution >= 4 is 19.6 Å². The lowest BCUT2D eigenvalue weighted by atomic mass is 10.2. The van der Waals surface area contributed by atoms with Crippen LogP contribution in [-0.4, -0.2) is 24.2 Å². The van der Waals surface area contributed by atoms with E-state index >= 15 is 0 Å². The minimum absolute atomic E-state index is 0.191. The Hall–Kier alpha value is -0.960. The van der Waals surface area contributed by atoms with E-state index in [-0.39, 0.29) is 6.42 Å². The van der Waals surface area contributed by atoms with Gasteiger partial charge in [0.2, 0.25) is 0 Å². The molecular formula is C13H20NO3P. The number of carboxylic acids is 1. The molecule has 1 unspecified atom stereocenters. The van der Waals surface area contributed by atoms with Crippen molar-refractivity contribution in [3.8, 4) is 0 Å². The van der Waals surface area contributed by atoms with Gasteiger partial charge in [-0.15, -0.1) is 0 Å². The van der Waals surface area contributed by atoms with Gasteiger partial charge in [-0.2, -0.15) is 0 Å². The first kappa shape index (κ1) is 15.1. The molecule has 2 N–H and O–H groups in total. The van der Waals surface area contributed by atoms with Crippen LogP contribution in [0.3, 0.4) is 0 Å². The maximum Gasteiger partial charge on any atom is 0.303 e. The third kappa shape index (κ3) is 5.13. The molecule has 1 atom stereocenters. The summed E-state index contributed by atoms with van der Waals surface area (Å²) in [4.78, 5) is 10.4. The predicted octanol–water partition coefficient (Wildman–Crippen LogP) is 2.42. The Kier molecular flexibility index (Phi) is 6.88. The van der Waals surface area contributed by atoms with Crippen LogP contribution in [0.2, 0.25) is 0 Å². The summed E-state index contributed by atoms with van der Waals surface area (Å²) in [7, 11) is -0.851. The van der Waals surface area contributed by atoms with Crippen molar-refractivity contribution in [2.45, 2.75) is 26.7 Å². The molecule has 1 aromatic rings. The van der Waals surface area contributed by atoms with E-state index in [2.05, 4.69) is 24.1 Å². The monoisotopic (exact) mass is 269 g/mol. The van der Waals surface area contributed by atoms with E-state index in [0.29, 0.717) is 19.6 Å². The highest BCUT2D eigenvalue weighted by atomic mass is 31.2. The number of carbonyl (C=O) groups is 1. The molecule has 100 valence electrons. The zero-order valence-electron chi connectivity index (χ0n) is 10.8. The van der Waals surface area contributed by atoms with Gasteiger partial charge in [-0.3, -0.25) is 9.88 Å². The number of nitrogens with one attached hydrogen (secondary N) is 1. The Morgan fingerprint density at radius 3 is 2.78 bits per heavy atom. The van der Waals surface area contributed by atoms with Gasteiger partial charge >= 0.3 is 5.97 Å². The lowest BCUT2D eigenvalue weighted by Crippen LogP contribution is -2.20. The predicted molar refractivity (Wildman–Crippen MR) is 74.2 cm³/mol. The molecule has 0 spiro atoms. The van der Waals surface area contributed by atoms with E-state index in [1.165, 1.54) is 10.9 Å². The van der Waals surface area contributed by atoms with Crippen LogP contribution in [0, 0.1) is 6.92 Å². The fourth-order valence-corrected chi connectivity index (χ4v) is 3.18. The van der Waals surface area contributed by atoms with Crippen LogP contribution < -0.4 is 10.4 Å². The number of hydrogen-bond donors (Lipinski definition) is 2. The first-order chi connectivity index (χ1) is 8.65. The molecule has 0 heterocycles. The van der Waals surface area contributed by atoms with Gasteiger partial charge in [-0.1, -0.05) is 24.3 Å². The van der Waals surface area contributed by atoms with Crippen molar-refractivity contribution in [2.24, 2.45) is 0 Å². The Morgan fingerprint density at radius 2 is 2.17 bits per heavy atom. The molecule has 0 saturated carbocycles. The summed E-state index contributed by atoms with van der Waals surface area (Å²) in [5, 5.41) is 13.1. The number of hydrogen-bond acceptors (Lipinski definition) is 3. The van der Waals surface area contributed by atoms with E-state index in [4.69, 9.17) is 9.63 Å². The summed E-state index contributed by atoms with van der Waals surface area (Å²) in [6, 6.07) is 8.11. The molecular weight excluding hydrogens is 249 g/mol. The van der Waals surface area contributed by atoms with Crippen LogP contribution in [0.25, 0.3) is 0 Å². The SMILES string of the molecule is CCOP(NCCCC(=O)O)c1ccccc1C. The Morgan fingerprint density at radius 1 is 1.44 bits per heavy atom. The maximum atomic E-state index is 10.4. The molecule has 0 radical (unpaired) electrons. The van der Waals surface area contributed by atoms with Crippen LogP contribution in [0.5, 0.6) is 0 Å². The third-order valence-electron chi connectivity index (χ3n) is 2.42. The van der Waals surface area contributed by atoms with Gasteiger partial charge < -0.3 is 9.63 Å². The van der Waals surface area contributed by atoms with Gasteiger partial charge in [0.05, 0.1) is 6.61 Å². The molecule has 0 fully saturated rings. The molecule has 5 heteroatoms. The van der Waals surface area contributed by atoms with E-state index in [9.17, 15) is 4.79 Å². The minimum Gasteiger partial charge on any atom is -0.481 e. The summed E-state index contributed by atoms with van der Waals surface area (Å²) in [6.45, 7) is 5.33. The van der Waals surface area contributed by atoms with Crippen LogP contribution in [0.1, 0.15) is 25.3 Å². The smallest absolute Gasteiger partial charge is 0.303 e. The van der Waals surface area contributed by atoms with Gasteiger partial charge in [0.25, 0.3) is 0 Å². The molecule has 1 rings (SSSR count). The molecule has 18 heavy (non-hydrogen) atoms. The molecule has 0 aliphatic heterocycles.